The Bertz CT molecular complexity index is 708. The van der Waals surface area contributed by atoms with Crippen molar-refractivity contribution in [3.8, 4) is 0 Å². The number of hydrogen-bond acceptors (Lipinski definition) is 4. The molecule has 0 saturated heterocycles. The molecule has 2 aromatic carbocycles. The summed E-state index contributed by atoms with van der Waals surface area (Å²) in [7, 11) is 0. The molecule has 6 nitrogen and oxygen atoms in total. The Labute approximate surface area is 197 Å². The van der Waals surface area contributed by atoms with Crippen molar-refractivity contribution in [2.45, 2.75) is 78.4 Å². The van der Waals surface area contributed by atoms with Crippen LogP contribution in [0.5, 0.6) is 0 Å². The molecule has 6 heteroatoms. The first-order chi connectivity index (χ1) is 15.7. The number of benzene rings is 2. The number of carboxylic acid groups (broad SMARTS) is 2. The van der Waals surface area contributed by atoms with Crippen LogP contribution in [0.2, 0.25) is 0 Å². The standard InChI is InChI=1S/C13H28O2.2C7H6O2/c1-5-9-11(14)13(7-3,8-4)12(15)10-6-2;2*8-7(9)6-4-2-1-3-5-6/h11-12,14-15H,5-10H2,1-4H3;2*1-5H,(H,8,9). The van der Waals surface area contributed by atoms with Gasteiger partial charge in [0.05, 0.1) is 23.3 Å². The molecule has 0 radical (unpaired) electrons. The average Bonchev–Trinajstić information content (AvgIpc) is 2.82. The summed E-state index contributed by atoms with van der Waals surface area (Å²) in [5, 5.41) is 37.2. The van der Waals surface area contributed by atoms with Gasteiger partial charge in [-0.25, -0.2) is 9.59 Å². The molecule has 0 saturated carbocycles. The van der Waals surface area contributed by atoms with Crippen LogP contribution in [-0.4, -0.2) is 44.6 Å². The topological polar surface area (TPSA) is 115 Å². The highest BCUT2D eigenvalue weighted by atomic mass is 16.4. The zero-order valence-electron chi connectivity index (χ0n) is 20.3. The number of rotatable bonds is 10. The molecule has 0 amide bonds. The molecule has 2 unspecified atom stereocenters. The lowest BCUT2D eigenvalue weighted by atomic mass is 9.70. The van der Waals surface area contributed by atoms with Gasteiger partial charge in [0, 0.05) is 5.41 Å². The fourth-order valence-electron chi connectivity index (χ4n) is 3.70. The van der Waals surface area contributed by atoms with Crippen LogP contribution in [0.4, 0.5) is 0 Å². The van der Waals surface area contributed by atoms with E-state index in [2.05, 4.69) is 27.7 Å². The van der Waals surface area contributed by atoms with Gasteiger partial charge in [0.1, 0.15) is 0 Å². The third-order valence-corrected chi connectivity index (χ3v) is 5.81. The normalized spacial score (nSPS) is 12.3. The molecule has 0 bridgehead atoms. The zero-order valence-corrected chi connectivity index (χ0v) is 20.3. The Morgan fingerprint density at radius 2 is 0.970 bits per heavy atom. The minimum absolute atomic E-state index is 0.286. The number of aliphatic hydroxyl groups is 2. The molecule has 0 aromatic heterocycles. The highest BCUT2D eigenvalue weighted by molar-refractivity contribution is 5.87. The van der Waals surface area contributed by atoms with Crippen molar-refractivity contribution in [1.29, 1.82) is 0 Å². The Morgan fingerprint density at radius 1 is 0.667 bits per heavy atom. The number of carbonyl (C=O) groups is 2. The highest BCUT2D eigenvalue weighted by Crippen LogP contribution is 2.38. The van der Waals surface area contributed by atoms with Crippen LogP contribution in [0.25, 0.3) is 0 Å². The Kier molecular flexibility index (Phi) is 15.5. The summed E-state index contributed by atoms with van der Waals surface area (Å²) in [6.45, 7) is 8.29. The maximum atomic E-state index is 10.2. The van der Waals surface area contributed by atoms with Gasteiger partial charge in [-0.1, -0.05) is 76.9 Å². The molecule has 0 spiro atoms. The molecule has 0 aliphatic rings. The number of aromatic carboxylic acids is 2. The lowest BCUT2D eigenvalue weighted by Crippen LogP contribution is -2.44. The van der Waals surface area contributed by atoms with Crippen molar-refractivity contribution >= 4 is 11.9 Å². The van der Waals surface area contributed by atoms with E-state index in [4.69, 9.17) is 10.2 Å². The van der Waals surface area contributed by atoms with Gasteiger partial charge in [0.25, 0.3) is 0 Å². The van der Waals surface area contributed by atoms with Crippen LogP contribution < -0.4 is 0 Å². The zero-order chi connectivity index (χ0) is 25.3. The first kappa shape index (κ1) is 30.3. The van der Waals surface area contributed by atoms with Gasteiger partial charge in [0.15, 0.2) is 0 Å². The fraction of sp³-hybridized carbons (Fsp3) is 0.481. The second-order valence-corrected chi connectivity index (χ2v) is 7.89. The van der Waals surface area contributed by atoms with Crippen LogP contribution in [-0.2, 0) is 0 Å². The van der Waals surface area contributed by atoms with Crippen LogP contribution in [0, 0.1) is 5.41 Å². The first-order valence-electron chi connectivity index (χ1n) is 11.6. The molecule has 184 valence electrons. The molecule has 0 heterocycles. The highest BCUT2D eigenvalue weighted by Gasteiger charge is 2.40. The molecule has 0 aliphatic carbocycles. The van der Waals surface area contributed by atoms with Crippen molar-refractivity contribution in [1.82, 2.24) is 0 Å². The molecule has 4 N–H and O–H groups in total. The Balaban J connectivity index is 0.000000489. The SMILES string of the molecule is CCCC(O)C(CC)(CC)C(O)CCC.O=C(O)c1ccccc1.O=C(O)c1ccccc1. The average molecular weight is 461 g/mol. The first-order valence-corrected chi connectivity index (χ1v) is 11.6. The molecular weight excluding hydrogens is 420 g/mol. The van der Waals surface area contributed by atoms with Crippen LogP contribution in [0.3, 0.4) is 0 Å². The van der Waals surface area contributed by atoms with Gasteiger partial charge in [-0.3, -0.25) is 0 Å². The van der Waals surface area contributed by atoms with E-state index < -0.39 is 11.9 Å². The Hall–Kier alpha value is -2.70. The second-order valence-electron chi connectivity index (χ2n) is 7.89. The van der Waals surface area contributed by atoms with E-state index in [9.17, 15) is 19.8 Å². The molecular formula is C27H40O6. The van der Waals surface area contributed by atoms with Crippen LogP contribution >= 0.6 is 0 Å². The van der Waals surface area contributed by atoms with Gasteiger partial charge < -0.3 is 20.4 Å². The third-order valence-electron chi connectivity index (χ3n) is 5.81. The van der Waals surface area contributed by atoms with E-state index in [-0.39, 0.29) is 17.6 Å². The van der Waals surface area contributed by atoms with E-state index in [1.807, 2.05) is 0 Å². The minimum Gasteiger partial charge on any atom is -0.478 e. The molecule has 0 aliphatic heterocycles. The lowest BCUT2D eigenvalue weighted by molar-refractivity contribution is -0.0824. The molecule has 2 rings (SSSR count). The Morgan fingerprint density at radius 3 is 1.15 bits per heavy atom. The van der Waals surface area contributed by atoms with E-state index >= 15 is 0 Å². The number of hydrogen-bond donors (Lipinski definition) is 4. The van der Waals surface area contributed by atoms with Gasteiger partial charge in [0.2, 0.25) is 0 Å². The van der Waals surface area contributed by atoms with Gasteiger partial charge >= 0.3 is 11.9 Å². The second kappa shape index (κ2) is 16.9. The quantitative estimate of drug-likeness (QED) is 0.352. The minimum atomic E-state index is -0.879. The predicted octanol–water partition coefficient (Wildman–Crippen LogP) is 5.88. The maximum absolute atomic E-state index is 10.2. The third kappa shape index (κ3) is 10.6. The summed E-state index contributed by atoms with van der Waals surface area (Å²) in [5.41, 5.74) is 0.376. The van der Waals surface area contributed by atoms with E-state index in [1.165, 1.54) is 0 Å². The summed E-state index contributed by atoms with van der Waals surface area (Å²) < 4.78 is 0. The summed E-state index contributed by atoms with van der Waals surface area (Å²) in [4.78, 5) is 20.4. The van der Waals surface area contributed by atoms with Crippen molar-refractivity contribution in [2.75, 3.05) is 0 Å². The van der Waals surface area contributed by atoms with Crippen LogP contribution in [0.15, 0.2) is 60.7 Å². The molecule has 2 atom stereocenters. The van der Waals surface area contributed by atoms with Gasteiger partial charge in [-0.15, -0.1) is 0 Å². The van der Waals surface area contributed by atoms with E-state index in [0.29, 0.717) is 11.1 Å². The van der Waals surface area contributed by atoms with E-state index in [0.717, 1.165) is 38.5 Å². The summed E-state index contributed by atoms with van der Waals surface area (Å²) in [6.07, 6.45) is 4.52. The van der Waals surface area contributed by atoms with E-state index in [1.54, 1.807) is 60.7 Å². The lowest BCUT2D eigenvalue weighted by Gasteiger charge is -2.41. The molecule has 0 fully saturated rings. The smallest absolute Gasteiger partial charge is 0.335 e. The number of aliphatic hydroxyl groups excluding tert-OH is 2. The summed E-state index contributed by atoms with van der Waals surface area (Å²) >= 11 is 0. The summed E-state index contributed by atoms with van der Waals surface area (Å²) in [5.74, 6) is -1.76. The van der Waals surface area contributed by atoms with Crippen molar-refractivity contribution in [2.24, 2.45) is 5.41 Å². The maximum Gasteiger partial charge on any atom is 0.335 e. The largest absolute Gasteiger partial charge is 0.478 e. The monoisotopic (exact) mass is 460 g/mol. The van der Waals surface area contributed by atoms with Crippen LogP contribution in [0.1, 0.15) is 86.9 Å². The molecule has 33 heavy (non-hydrogen) atoms. The fourth-order valence-corrected chi connectivity index (χ4v) is 3.70. The van der Waals surface area contributed by atoms with Gasteiger partial charge in [-0.2, -0.15) is 0 Å². The van der Waals surface area contributed by atoms with Crippen molar-refractivity contribution in [3.05, 3.63) is 71.8 Å². The van der Waals surface area contributed by atoms with Gasteiger partial charge in [-0.05, 0) is 49.9 Å². The summed E-state index contributed by atoms with van der Waals surface area (Å²) in [6, 6.07) is 16.6. The number of carboxylic acids is 2. The van der Waals surface area contributed by atoms with Crippen molar-refractivity contribution < 1.29 is 30.0 Å². The van der Waals surface area contributed by atoms with Crippen molar-refractivity contribution in [3.63, 3.8) is 0 Å². The predicted molar refractivity (Wildman–Crippen MR) is 132 cm³/mol. The molecule has 2 aromatic rings.